The summed E-state index contributed by atoms with van der Waals surface area (Å²) in [6.45, 7) is 4.68. The van der Waals surface area contributed by atoms with Crippen LogP contribution >= 0.6 is 0 Å². The largest absolute Gasteiger partial charge is 0.393 e. The lowest BCUT2D eigenvalue weighted by molar-refractivity contribution is 0.0152. The highest BCUT2D eigenvalue weighted by Crippen LogP contribution is 2.40. The minimum absolute atomic E-state index is 0.0472. The minimum atomic E-state index is -0.0472. The van der Waals surface area contributed by atoms with Gasteiger partial charge in [0.1, 0.15) is 0 Å². The van der Waals surface area contributed by atoms with Crippen molar-refractivity contribution in [3.8, 4) is 0 Å². The molecule has 104 valence electrons. The molecule has 0 bridgehead atoms. The molecule has 0 saturated heterocycles. The van der Waals surface area contributed by atoms with Crippen LogP contribution in [0.1, 0.15) is 65.2 Å². The zero-order valence-electron chi connectivity index (χ0n) is 12.1. The average Bonchev–Trinajstić information content (AvgIpc) is 2.29. The molecule has 0 aromatic heterocycles. The van der Waals surface area contributed by atoms with Gasteiger partial charge in [-0.1, -0.05) is 38.8 Å². The van der Waals surface area contributed by atoms with Crippen molar-refractivity contribution in [3.63, 3.8) is 0 Å². The lowest BCUT2D eigenvalue weighted by Crippen LogP contribution is -2.35. The molecule has 4 unspecified atom stereocenters. The van der Waals surface area contributed by atoms with Gasteiger partial charge in [-0.2, -0.15) is 0 Å². The number of rotatable bonds is 2. The van der Waals surface area contributed by atoms with Gasteiger partial charge in [0.05, 0.1) is 6.10 Å². The molecule has 1 N–H and O–H groups in total. The van der Waals surface area contributed by atoms with Gasteiger partial charge in [0.2, 0.25) is 0 Å². The Hall–Kier alpha value is -0.300. The van der Waals surface area contributed by atoms with Crippen LogP contribution in [-0.4, -0.2) is 11.2 Å². The molecular weight excluding hydrogens is 220 g/mol. The number of aliphatic hydroxyl groups is 1. The summed E-state index contributed by atoms with van der Waals surface area (Å²) >= 11 is 0. The second-order valence-electron chi connectivity index (χ2n) is 6.78. The summed E-state index contributed by atoms with van der Waals surface area (Å²) in [5.41, 5.74) is 0. The fourth-order valence-corrected chi connectivity index (χ4v) is 3.83. The van der Waals surface area contributed by atoms with Gasteiger partial charge in [-0.25, -0.2) is 0 Å². The third kappa shape index (κ3) is 3.60. The van der Waals surface area contributed by atoms with E-state index in [0.717, 1.165) is 18.3 Å². The Morgan fingerprint density at radius 2 is 1.89 bits per heavy atom. The first-order valence-corrected chi connectivity index (χ1v) is 8.03. The highest BCUT2D eigenvalue weighted by Gasteiger charge is 2.34. The van der Waals surface area contributed by atoms with E-state index in [2.05, 4.69) is 26.0 Å². The van der Waals surface area contributed by atoms with Crippen molar-refractivity contribution in [1.82, 2.24) is 0 Å². The summed E-state index contributed by atoms with van der Waals surface area (Å²) in [6, 6.07) is 0. The van der Waals surface area contributed by atoms with Crippen LogP contribution in [0.15, 0.2) is 12.2 Å². The lowest BCUT2D eigenvalue weighted by atomic mass is 9.69. The summed E-state index contributed by atoms with van der Waals surface area (Å²) in [5, 5.41) is 10.3. The summed E-state index contributed by atoms with van der Waals surface area (Å²) in [5.74, 6) is 2.78. The Kier molecular flexibility index (Phi) is 5.29. The van der Waals surface area contributed by atoms with Gasteiger partial charge in [0, 0.05) is 0 Å². The van der Waals surface area contributed by atoms with Crippen molar-refractivity contribution in [2.45, 2.75) is 71.3 Å². The first kappa shape index (κ1) is 14.1. The Morgan fingerprint density at radius 3 is 2.67 bits per heavy atom. The molecule has 0 heterocycles. The number of hydrogen-bond donors (Lipinski definition) is 1. The molecule has 1 fully saturated rings. The van der Waals surface area contributed by atoms with Crippen LogP contribution in [-0.2, 0) is 0 Å². The topological polar surface area (TPSA) is 20.2 Å². The van der Waals surface area contributed by atoms with E-state index in [4.69, 9.17) is 0 Å². The van der Waals surface area contributed by atoms with Crippen LogP contribution in [0.2, 0.25) is 0 Å². The van der Waals surface area contributed by atoms with Gasteiger partial charge in [-0.15, -0.1) is 0 Å². The van der Waals surface area contributed by atoms with Gasteiger partial charge in [-0.3, -0.25) is 0 Å². The van der Waals surface area contributed by atoms with E-state index in [-0.39, 0.29) is 6.10 Å². The Bertz CT molecular complexity index is 269. The Morgan fingerprint density at radius 1 is 1.06 bits per heavy atom. The summed E-state index contributed by atoms with van der Waals surface area (Å²) in [4.78, 5) is 0. The number of aliphatic hydroxyl groups excluding tert-OH is 1. The van der Waals surface area contributed by atoms with E-state index >= 15 is 0 Å². The normalized spacial score (nSPS) is 40.2. The zero-order valence-corrected chi connectivity index (χ0v) is 12.1. The third-order valence-electron chi connectivity index (χ3n) is 5.19. The van der Waals surface area contributed by atoms with E-state index in [9.17, 15) is 5.11 Å². The smallest absolute Gasteiger partial charge is 0.0574 e. The van der Waals surface area contributed by atoms with Gasteiger partial charge in [-0.05, 0) is 62.2 Å². The number of allylic oxidation sites excluding steroid dienone is 2. The van der Waals surface area contributed by atoms with Crippen LogP contribution in [0.5, 0.6) is 0 Å². The van der Waals surface area contributed by atoms with Crippen molar-refractivity contribution in [2.24, 2.45) is 23.7 Å². The average molecular weight is 250 g/mol. The second-order valence-corrected chi connectivity index (χ2v) is 6.78. The van der Waals surface area contributed by atoms with Crippen LogP contribution in [0.3, 0.4) is 0 Å². The molecule has 1 nitrogen and oxygen atoms in total. The standard InChI is InChI=1S/C17H30O/c1-13(2)15-10-11-17(18)16(12-15)14-8-6-4-3-5-7-9-14/h6,8,13-18H,3-5,7,9-12H2,1-2H3/b8-6+. The molecule has 2 aliphatic rings. The monoisotopic (exact) mass is 250 g/mol. The first-order chi connectivity index (χ1) is 8.68. The van der Waals surface area contributed by atoms with E-state index in [0.29, 0.717) is 11.8 Å². The van der Waals surface area contributed by atoms with Gasteiger partial charge >= 0.3 is 0 Å². The highest BCUT2D eigenvalue weighted by atomic mass is 16.3. The van der Waals surface area contributed by atoms with Gasteiger partial charge in [0.15, 0.2) is 0 Å². The fraction of sp³-hybridized carbons (Fsp3) is 0.882. The predicted octanol–water partition coefficient (Wildman–Crippen LogP) is 4.56. The van der Waals surface area contributed by atoms with Crippen LogP contribution in [0.25, 0.3) is 0 Å². The summed E-state index contributed by atoms with van der Waals surface area (Å²) in [6.07, 6.45) is 14.9. The fourth-order valence-electron chi connectivity index (χ4n) is 3.83. The Labute approximate surface area is 113 Å². The molecule has 0 radical (unpaired) electrons. The molecule has 0 amide bonds. The van der Waals surface area contributed by atoms with Crippen LogP contribution < -0.4 is 0 Å². The highest BCUT2D eigenvalue weighted by molar-refractivity contribution is 4.97. The van der Waals surface area contributed by atoms with Crippen molar-refractivity contribution in [3.05, 3.63) is 12.2 Å². The molecule has 2 rings (SSSR count). The maximum absolute atomic E-state index is 10.3. The molecule has 0 aliphatic heterocycles. The molecule has 0 aromatic carbocycles. The van der Waals surface area contributed by atoms with Gasteiger partial charge in [0.25, 0.3) is 0 Å². The third-order valence-corrected chi connectivity index (χ3v) is 5.19. The Balaban J connectivity index is 2.01. The molecule has 18 heavy (non-hydrogen) atoms. The maximum Gasteiger partial charge on any atom is 0.0574 e. The van der Waals surface area contributed by atoms with Crippen molar-refractivity contribution < 1.29 is 5.11 Å². The quantitative estimate of drug-likeness (QED) is 0.713. The van der Waals surface area contributed by atoms with E-state index in [1.807, 2.05) is 0 Å². The zero-order chi connectivity index (χ0) is 13.0. The SMILES string of the molecule is CC(C)C1CCC(O)C(C2/C=C/CCCCC2)C1. The van der Waals surface area contributed by atoms with Crippen LogP contribution in [0.4, 0.5) is 0 Å². The van der Waals surface area contributed by atoms with Gasteiger partial charge < -0.3 is 5.11 Å². The number of hydrogen-bond acceptors (Lipinski definition) is 1. The molecular formula is C17H30O. The van der Waals surface area contributed by atoms with E-state index in [1.165, 1.54) is 44.9 Å². The summed E-state index contributed by atoms with van der Waals surface area (Å²) < 4.78 is 0. The molecule has 4 atom stereocenters. The first-order valence-electron chi connectivity index (χ1n) is 8.03. The second kappa shape index (κ2) is 6.75. The molecule has 0 aromatic rings. The minimum Gasteiger partial charge on any atom is -0.393 e. The van der Waals surface area contributed by atoms with Crippen LogP contribution in [0, 0.1) is 23.7 Å². The lowest BCUT2D eigenvalue weighted by Gasteiger charge is -2.39. The van der Waals surface area contributed by atoms with Crippen molar-refractivity contribution in [2.75, 3.05) is 0 Å². The molecule has 1 heteroatoms. The maximum atomic E-state index is 10.3. The molecule has 2 aliphatic carbocycles. The van der Waals surface area contributed by atoms with E-state index in [1.54, 1.807) is 0 Å². The van der Waals surface area contributed by atoms with Crippen molar-refractivity contribution >= 4 is 0 Å². The van der Waals surface area contributed by atoms with Crippen molar-refractivity contribution in [1.29, 1.82) is 0 Å². The predicted molar refractivity (Wildman–Crippen MR) is 77.4 cm³/mol. The molecule has 0 spiro atoms. The van der Waals surface area contributed by atoms with E-state index < -0.39 is 0 Å². The summed E-state index contributed by atoms with van der Waals surface area (Å²) in [7, 11) is 0. The molecule has 1 saturated carbocycles.